The Morgan fingerprint density at radius 3 is 0.312 bits per heavy atom. The van der Waals surface area contributed by atoms with E-state index in [4.69, 9.17) is 55.4 Å². The number of ether oxygens (including phenoxy) is 2. The molecule has 0 aliphatic carbocycles. The minimum atomic E-state index is 0.375. The molecule has 0 fully saturated rings. The van der Waals surface area contributed by atoms with Crippen LogP contribution in [-0.4, -0.2) is 134 Å². The van der Waals surface area contributed by atoms with Crippen molar-refractivity contribution >= 4 is 0 Å². The van der Waals surface area contributed by atoms with E-state index in [1.807, 2.05) is 55.4 Å². The van der Waals surface area contributed by atoms with Gasteiger partial charge in [0, 0.05) is 64.0 Å². The van der Waals surface area contributed by atoms with Crippen LogP contribution in [0.5, 0.6) is 0 Å². The topological polar surface area (TPSA) is 201 Å². The summed E-state index contributed by atoms with van der Waals surface area (Å²) in [4.78, 5) is 0. The Hall–Kier alpha value is -0.440. The van der Waals surface area contributed by atoms with Crippen molar-refractivity contribution in [1.82, 2.24) is 0 Å². The standard InChI is InChI=1S/2C6H14O.9CH4O/c2*1-5(2)7-6(3)4;9*1-2/h2*5-6H,1-4H3;9*2H,1H3. The molecule has 11 nitrogen and oxygen atoms in total. The van der Waals surface area contributed by atoms with Gasteiger partial charge in [0.25, 0.3) is 0 Å². The third-order valence-electron chi connectivity index (χ3n) is 1.09. The van der Waals surface area contributed by atoms with Crippen molar-refractivity contribution in [1.29, 1.82) is 0 Å². The second-order valence-electron chi connectivity index (χ2n) is 4.47. The van der Waals surface area contributed by atoms with Gasteiger partial charge in [0.2, 0.25) is 0 Å². The Labute approximate surface area is 199 Å². The van der Waals surface area contributed by atoms with Crippen molar-refractivity contribution in [2.24, 2.45) is 0 Å². The molecule has 0 aliphatic heterocycles. The molecule has 0 rings (SSSR count). The summed E-state index contributed by atoms with van der Waals surface area (Å²) < 4.78 is 10.5. The van der Waals surface area contributed by atoms with E-state index in [1.54, 1.807) is 0 Å². The lowest BCUT2D eigenvalue weighted by Gasteiger charge is -2.09. The molecule has 0 amide bonds. The van der Waals surface area contributed by atoms with Crippen LogP contribution in [0.25, 0.3) is 0 Å². The second-order valence-corrected chi connectivity index (χ2v) is 4.47. The van der Waals surface area contributed by atoms with E-state index in [1.165, 1.54) is 0 Å². The summed E-state index contributed by atoms with van der Waals surface area (Å²) in [5, 5.41) is 63.0. The summed E-state index contributed by atoms with van der Waals surface area (Å²) >= 11 is 0. The van der Waals surface area contributed by atoms with Crippen molar-refractivity contribution in [3.8, 4) is 0 Å². The average Bonchev–Trinajstić information content (AvgIpc) is 2.84. The summed E-state index contributed by atoms with van der Waals surface area (Å²) in [6.07, 6.45) is 1.50. The van der Waals surface area contributed by atoms with Gasteiger partial charge in [-0.05, 0) is 55.4 Å². The van der Waals surface area contributed by atoms with E-state index in [0.717, 1.165) is 64.0 Å². The lowest BCUT2D eigenvalue weighted by Crippen LogP contribution is -2.09. The third kappa shape index (κ3) is 422. The smallest absolute Gasteiger partial charge is 0.0522 e. The summed E-state index contributed by atoms with van der Waals surface area (Å²) in [7, 11) is 9.00. The number of hydrogen-bond acceptors (Lipinski definition) is 11. The van der Waals surface area contributed by atoms with Crippen molar-refractivity contribution in [3.63, 3.8) is 0 Å². The Morgan fingerprint density at radius 2 is 0.312 bits per heavy atom. The van der Waals surface area contributed by atoms with Gasteiger partial charge < -0.3 is 55.4 Å². The van der Waals surface area contributed by atoms with Gasteiger partial charge in [-0.3, -0.25) is 0 Å². The quantitative estimate of drug-likeness (QED) is 0.258. The fraction of sp³-hybridized carbons (Fsp3) is 1.00. The fourth-order valence-corrected chi connectivity index (χ4v) is 1.09. The van der Waals surface area contributed by atoms with E-state index in [9.17, 15) is 0 Å². The average molecular weight is 493 g/mol. The van der Waals surface area contributed by atoms with Crippen LogP contribution in [0.1, 0.15) is 55.4 Å². The highest BCUT2D eigenvalue weighted by Gasteiger charge is 1.94. The van der Waals surface area contributed by atoms with Gasteiger partial charge in [0.05, 0.1) is 24.4 Å². The Balaban J connectivity index is -0.0000000182. The number of aliphatic hydroxyl groups excluding tert-OH is 9. The van der Waals surface area contributed by atoms with Crippen LogP contribution in [-0.2, 0) is 9.47 Å². The molecule has 0 aromatic rings. The second kappa shape index (κ2) is 145. The zero-order valence-corrected chi connectivity index (χ0v) is 24.2. The lowest BCUT2D eigenvalue weighted by molar-refractivity contribution is 0.0296. The van der Waals surface area contributed by atoms with Gasteiger partial charge in [-0.15, -0.1) is 0 Å². The molecule has 0 bridgehead atoms. The molecule has 0 atom stereocenters. The normalized spacial score (nSPS) is 6.56. The van der Waals surface area contributed by atoms with Crippen LogP contribution in [0.4, 0.5) is 0 Å². The maximum atomic E-state index is 7.00. The molecule has 9 N–H and O–H groups in total. The van der Waals surface area contributed by atoms with E-state index in [-0.39, 0.29) is 0 Å². The first kappa shape index (κ1) is 69.7. The summed E-state index contributed by atoms with van der Waals surface area (Å²) in [5.41, 5.74) is 0. The molecule has 11 heteroatoms. The number of hydrogen-bond donors (Lipinski definition) is 9. The number of aliphatic hydroxyl groups is 9. The van der Waals surface area contributed by atoms with Crippen molar-refractivity contribution in [3.05, 3.63) is 0 Å². The van der Waals surface area contributed by atoms with E-state index >= 15 is 0 Å². The predicted octanol–water partition coefficient (Wildman–Crippen LogP) is 0.116. The largest absolute Gasteiger partial charge is 0.400 e. The van der Waals surface area contributed by atoms with Crippen LogP contribution < -0.4 is 0 Å². The van der Waals surface area contributed by atoms with Crippen LogP contribution in [0.2, 0.25) is 0 Å². The number of rotatable bonds is 4. The molecule has 0 heterocycles. The van der Waals surface area contributed by atoms with Gasteiger partial charge in [-0.1, -0.05) is 0 Å². The van der Waals surface area contributed by atoms with Crippen LogP contribution in [0.3, 0.4) is 0 Å². The van der Waals surface area contributed by atoms with Crippen LogP contribution in [0.15, 0.2) is 0 Å². The Bertz CT molecular complexity index is 102. The van der Waals surface area contributed by atoms with Crippen LogP contribution in [0, 0.1) is 0 Å². The maximum Gasteiger partial charge on any atom is 0.0522 e. The van der Waals surface area contributed by atoms with Crippen molar-refractivity contribution < 1.29 is 55.4 Å². The summed E-state index contributed by atoms with van der Waals surface area (Å²) in [6, 6.07) is 0. The zero-order chi connectivity index (χ0) is 29.7. The van der Waals surface area contributed by atoms with E-state index < -0.39 is 0 Å². The lowest BCUT2D eigenvalue weighted by atomic mass is 10.4. The third-order valence-corrected chi connectivity index (χ3v) is 1.09. The highest BCUT2D eigenvalue weighted by atomic mass is 16.5. The van der Waals surface area contributed by atoms with Gasteiger partial charge in [-0.2, -0.15) is 0 Å². The summed E-state index contributed by atoms with van der Waals surface area (Å²) in [6.45, 7) is 16.3. The predicted molar refractivity (Wildman–Crippen MR) is 136 cm³/mol. The first-order valence-electron chi connectivity index (χ1n) is 9.59. The SMILES string of the molecule is CC(C)OC(C)C.CC(C)OC(C)C.CO.CO.CO.CO.CO.CO.CO.CO.CO. The molecule has 0 spiro atoms. The molecular formula is C21H64O11. The minimum absolute atomic E-state index is 0.375. The van der Waals surface area contributed by atoms with Gasteiger partial charge >= 0.3 is 0 Å². The first-order chi connectivity index (χ1) is 15.3. The Morgan fingerprint density at radius 1 is 0.250 bits per heavy atom. The Kier molecular flexibility index (Phi) is 316. The minimum Gasteiger partial charge on any atom is -0.400 e. The van der Waals surface area contributed by atoms with Gasteiger partial charge in [0.1, 0.15) is 0 Å². The van der Waals surface area contributed by atoms with E-state index in [2.05, 4.69) is 0 Å². The first-order valence-corrected chi connectivity index (χ1v) is 9.59. The van der Waals surface area contributed by atoms with Crippen molar-refractivity contribution in [2.75, 3.05) is 64.0 Å². The van der Waals surface area contributed by atoms with E-state index in [0.29, 0.717) is 24.4 Å². The molecule has 214 valence electrons. The van der Waals surface area contributed by atoms with Gasteiger partial charge in [-0.25, -0.2) is 0 Å². The molecule has 0 unspecified atom stereocenters. The molecule has 0 saturated carbocycles. The molecular weight excluding hydrogens is 428 g/mol. The van der Waals surface area contributed by atoms with Gasteiger partial charge in [0.15, 0.2) is 0 Å². The maximum absolute atomic E-state index is 7.00. The van der Waals surface area contributed by atoms with Crippen LogP contribution >= 0.6 is 0 Å². The zero-order valence-electron chi connectivity index (χ0n) is 24.2. The molecule has 0 aromatic heterocycles. The monoisotopic (exact) mass is 492 g/mol. The molecule has 32 heavy (non-hydrogen) atoms. The molecule has 0 aliphatic rings. The molecule has 0 saturated heterocycles. The molecule has 0 aromatic carbocycles. The molecule has 0 radical (unpaired) electrons. The highest BCUT2D eigenvalue weighted by molar-refractivity contribution is 4.40. The fourth-order valence-electron chi connectivity index (χ4n) is 1.09. The highest BCUT2D eigenvalue weighted by Crippen LogP contribution is 1.93. The van der Waals surface area contributed by atoms with Crippen molar-refractivity contribution in [2.45, 2.75) is 79.8 Å². The summed E-state index contributed by atoms with van der Waals surface area (Å²) in [5.74, 6) is 0.